The standard InChI is InChI=1S/C24H24N2O3/c1-28-22-13-17-10-6-12-21(20(17)15-23(22)29-2)25-26-24(27)14-18-9-5-8-16-7-3-4-11-19(16)18/h3-5,7-9,11,13,15H,6,10,12,14H2,1-2H3,(H,26,27)/b25-21-. The maximum Gasteiger partial charge on any atom is 0.244 e. The number of methoxy groups -OCH3 is 2. The summed E-state index contributed by atoms with van der Waals surface area (Å²) in [5.74, 6) is 1.26. The number of nitrogens with zero attached hydrogens (tertiary/aromatic N) is 1. The lowest BCUT2D eigenvalue weighted by Gasteiger charge is -2.20. The largest absolute Gasteiger partial charge is 0.493 e. The average molecular weight is 388 g/mol. The zero-order valence-electron chi connectivity index (χ0n) is 16.7. The van der Waals surface area contributed by atoms with Crippen LogP contribution in [-0.2, 0) is 17.6 Å². The fourth-order valence-electron chi connectivity index (χ4n) is 3.88. The minimum absolute atomic E-state index is 0.124. The van der Waals surface area contributed by atoms with Crippen LogP contribution in [-0.4, -0.2) is 25.8 Å². The smallest absolute Gasteiger partial charge is 0.244 e. The van der Waals surface area contributed by atoms with E-state index in [4.69, 9.17) is 9.47 Å². The topological polar surface area (TPSA) is 59.9 Å². The molecule has 3 aromatic rings. The molecule has 0 fully saturated rings. The molecule has 0 radical (unpaired) electrons. The third-order valence-electron chi connectivity index (χ3n) is 5.33. The average Bonchev–Trinajstić information content (AvgIpc) is 2.76. The Morgan fingerprint density at radius 1 is 1.00 bits per heavy atom. The maximum absolute atomic E-state index is 12.6. The lowest BCUT2D eigenvalue weighted by molar-refractivity contribution is -0.120. The maximum atomic E-state index is 12.6. The van der Waals surface area contributed by atoms with Gasteiger partial charge >= 0.3 is 0 Å². The van der Waals surface area contributed by atoms with Crippen molar-refractivity contribution >= 4 is 22.4 Å². The molecule has 1 aliphatic rings. The number of nitrogens with one attached hydrogen (secondary N) is 1. The molecular formula is C24H24N2O3. The number of fused-ring (bicyclic) bond motifs is 2. The Bertz CT molecular complexity index is 1080. The highest BCUT2D eigenvalue weighted by atomic mass is 16.5. The van der Waals surface area contributed by atoms with Gasteiger partial charge in [0.15, 0.2) is 11.5 Å². The van der Waals surface area contributed by atoms with Gasteiger partial charge < -0.3 is 9.47 Å². The molecule has 148 valence electrons. The highest BCUT2D eigenvalue weighted by Gasteiger charge is 2.20. The quantitative estimate of drug-likeness (QED) is 0.665. The number of hydrogen-bond acceptors (Lipinski definition) is 4. The van der Waals surface area contributed by atoms with Crippen LogP contribution in [0.3, 0.4) is 0 Å². The van der Waals surface area contributed by atoms with Gasteiger partial charge in [0.05, 0.1) is 26.4 Å². The van der Waals surface area contributed by atoms with Crippen molar-refractivity contribution in [1.82, 2.24) is 5.43 Å². The van der Waals surface area contributed by atoms with E-state index in [2.05, 4.69) is 22.7 Å². The highest BCUT2D eigenvalue weighted by Crippen LogP contribution is 2.34. The zero-order valence-corrected chi connectivity index (χ0v) is 16.7. The Hall–Kier alpha value is -3.34. The van der Waals surface area contributed by atoms with Crippen molar-refractivity contribution in [2.24, 2.45) is 5.10 Å². The van der Waals surface area contributed by atoms with Crippen LogP contribution in [0, 0.1) is 0 Å². The first-order valence-corrected chi connectivity index (χ1v) is 9.77. The van der Waals surface area contributed by atoms with Gasteiger partial charge in [-0.3, -0.25) is 4.79 Å². The van der Waals surface area contributed by atoms with E-state index in [1.165, 1.54) is 0 Å². The number of carbonyl (C=O) groups excluding carboxylic acids is 1. The second kappa shape index (κ2) is 8.35. The summed E-state index contributed by atoms with van der Waals surface area (Å²) < 4.78 is 10.8. The number of aryl methyl sites for hydroxylation is 1. The van der Waals surface area contributed by atoms with E-state index in [1.54, 1.807) is 14.2 Å². The fraction of sp³-hybridized carbons (Fsp3) is 0.250. The van der Waals surface area contributed by atoms with Crippen LogP contribution in [0.15, 0.2) is 59.7 Å². The summed E-state index contributed by atoms with van der Waals surface area (Å²) in [4.78, 5) is 12.6. The lowest BCUT2D eigenvalue weighted by Crippen LogP contribution is -2.23. The Labute approximate surface area is 170 Å². The second-order valence-corrected chi connectivity index (χ2v) is 7.13. The van der Waals surface area contributed by atoms with Crippen molar-refractivity contribution in [2.75, 3.05) is 14.2 Å². The first-order chi connectivity index (χ1) is 14.2. The number of amides is 1. The van der Waals surface area contributed by atoms with E-state index in [0.29, 0.717) is 11.5 Å². The summed E-state index contributed by atoms with van der Waals surface area (Å²) in [5, 5.41) is 6.68. The molecule has 4 rings (SSSR count). The number of carbonyl (C=O) groups is 1. The van der Waals surface area contributed by atoms with Crippen molar-refractivity contribution in [1.29, 1.82) is 0 Å². The molecule has 5 heteroatoms. The van der Waals surface area contributed by atoms with Gasteiger partial charge in [-0.05, 0) is 53.3 Å². The van der Waals surface area contributed by atoms with E-state index in [0.717, 1.165) is 52.4 Å². The molecular weight excluding hydrogens is 364 g/mol. The summed E-state index contributed by atoms with van der Waals surface area (Å²) in [6.07, 6.45) is 3.05. The van der Waals surface area contributed by atoms with Gasteiger partial charge in [0, 0.05) is 5.56 Å². The Morgan fingerprint density at radius 2 is 1.76 bits per heavy atom. The summed E-state index contributed by atoms with van der Waals surface area (Å²) in [5.41, 5.74) is 6.80. The van der Waals surface area contributed by atoms with Gasteiger partial charge in [-0.1, -0.05) is 42.5 Å². The SMILES string of the molecule is COc1cc2c(cc1OC)/C(=N\NC(=O)Cc1cccc3ccccc13)CCC2. The molecule has 0 heterocycles. The normalized spacial score (nSPS) is 14.5. The number of benzene rings is 3. The summed E-state index contributed by atoms with van der Waals surface area (Å²) in [7, 11) is 3.26. The van der Waals surface area contributed by atoms with Gasteiger partial charge in [-0.2, -0.15) is 5.10 Å². The zero-order chi connectivity index (χ0) is 20.2. The first kappa shape index (κ1) is 19.0. The van der Waals surface area contributed by atoms with Gasteiger partial charge in [-0.15, -0.1) is 0 Å². The molecule has 0 bridgehead atoms. The Morgan fingerprint density at radius 3 is 2.59 bits per heavy atom. The molecule has 0 saturated carbocycles. The van der Waals surface area contributed by atoms with Crippen molar-refractivity contribution in [3.63, 3.8) is 0 Å². The lowest BCUT2D eigenvalue weighted by atomic mass is 9.89. The van der Waals surface area contributed by atoms with Crippen LogP contribution < -0.4 is 14.9 Å². The predicted molar refractivity (Wildman–Crippen MR) is 115 cm³/mol. The van der Waals surface area contributed by atoms with Crippen LogP contribution in [0.25, 0.3) is 10.8 Å². The number of rotatable bonds is 5. The van der Waals surface area contributed by atoms with Crippen molar-refractivity contribution in [3.8, 4) is 11.5 Å². The van der Waals surface area contributed by atoms with E-state index < -0.39 is 0 Å². The van der Waals surface area contributed by atoms with Crippen molar-refractivity contribution in [3.05, 3.63) is 71.3 Å². The monoisotopic (exact) mass is 388 g/mol. The van der Waals surface area contributed by atoms with E-state index in [-0.39, 0.29) is 12.3 Å². The molecule has 1 aliphatic carbocycles. The van der Waals surface area contributed by atoms with Gasteiger partial charge in [0.25, 0.3) is 0 Å². The first-order valence-electron chi connectivity index (χ1n) is 9.77. The van der Waals surface area contributed by atoms with Crippen molar-refractivity contribution < 1.29 is 14.3 Å². The third-order valence-corrected chi connectivity index (χ3v) is 5.33. The Balaban J connectivity index is 1.55. The molecule has 29 heavy (non-hydrogen) atoms. The molecule has 0 saturated heterocycles. The highest BCUT2D eigenvalue weighted by molar-refractivity contribution is 6.04. The van der Waals surface area contributed by atoms with Crippen LogP contribution in [0.4, 0.5) is 0 Å². The molecule has 0 aliphatic heterocycles. The van der Waals surface area contributed by atoms with Crippen LogP contribution in [0.2, 0.25) is 0 Å². The van der Waals surface area contributed by atoms with E-state index in [1.807, 2.05) is 42.5 Å². The number of hydrogen-bond donors (Lipinski definition) is 1. The van der Waals surface area contributed by atoms with E-state index in [9.17, 15) is 4.79 Å². The summed E-state index contributed by atoms with van der Waals surface area (Å²) in [6, 6.07) is 18.1. The van der Waals surface area contributed by atoms with Gasteiger partial charge in [-0.25, -0.2) is 5.43 Å². The molecule has 3 aromatic carbocycles. The molecule has 0 spiro atoms. The van der Waals surface area contributed by atoms with E-state index >= 15 is 0 Å². The predicted octanol–water partition coefficient (Wildman–Crippen LogP) is 4.26. The van der Waals surface area contributed by atoms with Gasteiger partial charge in [0.2, 0.25) is 5.91 Å². The van der Waals surface area contributed by atoms with Crippen LogP contribution in [0.5, 0.6) is 11.5 Å². The Kier molecular flexibility index (Phi) is 5.47. The number of ether oxygens (including phenoxy) is 2. The van der Waals surface area contributed by atoms with Crippen molar-refractivity contribution in [2.45, 2.75) is 25.7 Å². The molecule has 0 aromatic heterocycles. The minimum atomic E-state index is -0.124. The molecule has 1 amide bonds. The summed E-state index contributed by atoms with van der Waals surface area (Å²) in [6.45, 7) is 0. The molecule has 1 N–H and O–H groups in total. The second-order valence-electron chi connectivity index (χ2n) is 7.13. The molecule has 5 nitrogen and oxygen atoms in total. The third kappa shape index (κ3) is 3.94. The van der Waals surface area contributed by atoms with Crippen LogP contribution >= 0.6 is 0 Å². The molecule has 0 atom stereocenters. The van der Waals surface area contributed by atoms with Crippen LogP contribution in [0.1, 0.15) is 29.5 Å². The minimum Gasteiger partial charge on any atom is -0.493 e. The number of hydrazone groups is 1. The molecule has 0 unspecified atom stereocenters. The summed E-state index contributed by atoms with van der Waals surface area (Å²) >= 11 is 0. The van der Waals surface area contributed by atoms with Gasteiger partial charge in [0.1, 0.15) is 0 Å². The fourth-order valence-corrected chi connectivity index (χ4v) is 3.88.